The molecule has 0 spiro atoms. The topological polar surface area (TPSA) is 95.5 Å². The van der Waals surface area contributed by atoms with Crippen molar-refractivity contribution in [3.8, 4) is 0 Å². The third-order valence-electron chi connectivity index (χ3n) is 3.57. The highest BCUT2D eigenvalue weighted by Crippen LogP contribution is 2.43. The Balaban J connectivity index is 1.81. The SMILES string of the molecule is O=C(O)CC1(CNC(=O)C2CSC(=O)N2)CCC1. The summed E-state index contributed by atoms with van der Waals surface area (Å²) in [7, 11) is 0. The van der Waals surface area contributed by atoms with E-state index in [2.05, 4.69) is 10.6 Å². The Hall–Kier alpha value is -1.24. The molecule has 1 saturated heterocycles. The molecule has 2 aliphatic rings. The lowest BCUT2D eigenvalue weighted by Gasteiger charge is -2.41. The van der Waals surface area contributed by atoms with Crippen LogP contribution in [0.1, 0.15) is 25.7 Å². The zero-order chi connectivity index (χ0) is 13.2. The molecule has 7 heteroatoms. The van der Waals surface area contributed by atoms with Gasteiger partial charge in [-0.25, -0.2) is 0 Å². The lowest BCUT2D eigenvalue weighted by atomic mass is 9.66. The minimum absolute atomic E-state index is 0.0963. The second-order valence-electron chi connectivity index (χ2n) is 4.94. The Morgan fingerprint density at radius 3 is 2.67 bits per heavy atom. The molecule has 100 valence electrons. The van der Waals surface area contributed by atoms with Crippen LogP contribution < -0.4 is 10.6 Å². The zero-order valence-electron chi connectivity index (χ0n) is 9.90. The van der Waals surface area contributed by atoms with E-state index in [9.17, 15) is 14.4 Å². The van der Waals surface area contributed by atoms with E-state index in [1.165, 1.54) is 0 Å². The molecule has 0 radical (unpaired) electrons. The molecule has 1 aliphatic heterocycles. The van der Waals surface area contributed by atoms with E-state index in [0.717, 1.165) is 31.0 Å². The van der Waals surface area contributed by atoms with Crippen LogP contribution in [0.25, 0.3) is 0 Å². The number of hydrogen-bond donors (Lipinski definition) is 3. The number of nitrogens with one attached hydrogen (secondary N) is 2. The number of rotatable bonds is 5. The van der Waals surface area contributed by atoms with E-state index in [1.807, 2.05) is 0 Å². The van der Waals surface area contributed by atoms with E-state index in [-0.39, 0.29) is 23.0 Å². The monoisotopic (exact) mass is 272 g/mol. The fraction of sp³-hybridized carbons (Fsp3) is 0.727. The summed E-state index contributed by atoms with van der Waals surface area (Å²) >= 11 is 1.09. The molecular formula is C11H16N2O4S. The molecule has 1 atom stereocenters. The van der Waals surface area contributed by atoms with Gasteiger partial charge in [0.25, 0.3) is 5.24 Å². The molecule has 0 aromatic rings. The van der Waals surface area contributed by atoms with Crippen molar-refractivity contribution in [3.05, 3.63) is 0 Å². The maximum absolute atomic E-state index is 11.8. The first-order valence-corrected chi connectivity index (χ1v) is 6.92. The van der Waals surface area contributed by atoms with Crippen LogP contribution in [0.5, 0.6) is 0 Å². The minimum Gasteiger partial charge on any atom is -0.481 e. The number of carboxylic acid groups (broad SMARTS) is 1. The molecule has 2 amide bonds. The van der Waals surface area contributed by atoms with Gasteiger partial charge in [0.05, 0.1) is 6.42 Å². The van der Waals surface area contributed by atoms with Gasteiger partial charge in [0.2, 0.25) is 5.91 Å². The molecule has 1 unspecified atom stereocenters. The molecule has 0 aromatic heterocycles. The van der Waals surface area contributed by atoms with Gasteiger partial charge in [-0.15, -0.1) is 0 Å². The summed E-state index contributed by atoms with van der Waals surface area (Å²) < 4.78 is 0. The number of carbonyl (C=O) groups excluding carboxylic acids is 2. The number of carbonyl (C=O) groups is 3. The normalized spacial score (nSPS) is 25.1. The van der Waals surface area contributed by atoms with Crippen LogP contribution in [0.3, 0.4) is 0 Å². The fourth-order valence-electron chi connectivity index (χ4n) is 2.34. The van der Waals surface area contributed by atoms with Crippen LogP contribution in [0, 0.1) is 5.41 Å². The Labute approximate surface area is 109 Å². The molecule has 1 heterocycles. The number of carboxylic acids is 1. The van der Waals surface area contributed by atoms with Crippen LogP contribution in [0.2, 0.25) is 0 Å². The molecule has 2 rings (SSSR count). The van der Waals surface area contributed by atoms with Crippen LogP contribution in [0.15, 0.2) is 0 Å². The predicted molar refractivity (Wildman–Crippen MR) is 66.3 cm³/mol. The molecule has 6 nitrogen and oxygen atoms in total. The Kier molecular flexibility index (Phi) is 3.79. The van der Waals surface area contributed by atoms with Crippen LogP contribution in [-0.2, 0) is 9.59 Å². The van der Waals surface area contributed by atoms with Crippen molar-refractivity contribution >= 4 is 28.9 Å². The molecule has 2 fully saturated rings. The molecule has 3 N–H and O–H groups in total. The Bertz CT molecular complexity index is 381. The molecular weight excluding hydrogens is 256 g/mol. The van der Waals surface area contributed by atoms with E-state index >= 15 is 0 Å². The van der Waals surface area contributed by atoms with Crippen molar-refractivity contribution in [2.24, 2.45) is 5.41 Å². The van der Waals surface area contributed by atoms with Crippen molar-refractivity contribution in [1.82, 2.24) is 10.6 Å². The number of aliphatic carboxylic acids is 1. The van der Waals surface area contributed by atoms with Gasteiger partial charge in [0.1, 0.15) is 6.04 Å². The summed E-state index contributed by atoms with van der Waals surface area (Å²) in [5.74, 6) is -0.602. The number of hydrogen-bond acceptors (Lipinski definition) is 4. The molecule has 18 heavy (non-hydrogen) atoms. The average Bonchev–Trinajstić information content (AvgIpc) is 2.68. The molecule has 0 bridgehead atoms. The van der Waals surface area contributed by atoms with Gasteiger partial charge in [-0.1, -0.05) is 18.2 Å². The first-order valence-electron chi connectivity index (χ1n) is 5.94. The minimum atomic E-state index is -0.825. The summed E-state index contributed by atoms with van der Waals surface area (Å²) in [5, 5.41) is 14.0. The van der Waals surface area contributed by atoms with E-state index < -0.39 is 12.0 Å². The number of amides is 2. The highest BCUT2D eigenvalue weighted by Gasteiger charge is 2.40. The summed E-state index contributed by atoms with van der Waals surface area (Å²) in [6.07, 6.45) is 2.79. The first-order chi connectivity index (χ1) is 8.51. The quantitative estimate of drug-likeness (QED) is 0.680. The largest absolute Gasteiger partial charge is 0.481 e. The summed E-state index contributed by atoms with van der Waals surface area (Å²) in [6, 6.07) is -0.482. The van der Waals surface area contributed by atoms with Crippen LogP contribution in [0.4, 0.5) is 4.79 Å². The lowest BCUT2D eigenvalue weighted by molar-refractivity contribution is -0.141. The highest BCUT2D eigenvalue weighted by molar-refractivity contribution is 8.14. The summed E-state index contributed by atoms with van der Waals surface area (Å²) in [5.41, 5.74) is -0.281. The number of thioether (sulfide) groups is 1. The van der Waals surface area contributed by atoms with Crippen molar-refractivity contribution < 1.29 is 19.5 Å². The van der Waals surface area contributed by atoms with Crippen molar-refractivity contribution in [2.75, 3.05) is 12.3 Å². The van der Waals surface area contributed by atoms with E-state index in [0.29, 0.717) is 12.3 Å². The van der Waals surface area contributed by atoms with Crippen LogP contribution >= 0.6 is 11.8 Å². The highest BCUT2D eigenvalue weighted by atomic mass is 32.2. The Morgan fingerprint density at radius 1 is 1.50 bits per heavy atom. The second-order valence-corrected chi connectivity index (χ2v) is 5.93. The van der Waals surface area contributed by atoms with Gasteiger partial charge in [0.15, 0.2) is 0 Å². The molecule has 0 aromatic carbocycles. The van der Waals surface area contributed by atoms with E-state index in [4.69, 9.17) is 5.11 Å². The smallest absolute Gasteiger partial charge is 0.303 e. The van der Waals surface area contributed by atoms with Crippen molar-refractivity contribution in [3.63, 3.8) is 0 Å². The maximum Gasteiger partial charge on any atom is 0.303 e. The fourth-order valence-corrected chi connectivity index (χ4v) is 3.12. The zero-order valence-corrected chi connectivity index (χ0v) is 10.7. The summed E-state index contributed by atoms with van der Waals surface area (Å²) in [4.78, 5) is 33.5. The third-order valence-corrected chi connectivity index (χ3v) is 4.45. The van der Waals surface area contributed by atoms with Gasteiger partial charge in [-0.05, 0) is 18.3 Å². The van der Waals surface area contributed by atoms with Crippen molar-refractivity contribution in [2.45, 2.75) is 31.7 Å². The van der Waals surface area contributed by atoms with Crippen molar-refractivity contribution in [1.29, 1.82) is 0 Å². The Morgan fingerprint density at radius 2 is 2.22 bits per heavy atom. The van der Waals surface area contributed by atoms with Gasteiger partial charge in [-0.3, -0.25) is 14.4 Å². The van der Waals surface area contributed by atoms with Gasteiger partial charge >= 0.3 is 5.97 Å². The molecule has 1 aliphatic carbocycles. The van der Waals surface area contributed by atoms with E-state index in [1.54, 1.807) is 0 Å². The predicted octanol–water partition coefficient (Wildman–Crippen LogP) is 0.573. The maximum atomic E-state index is 11.8. The standard InChI is InChI=1S/C11H16N2O4S/c14-8(15)4-11(2-1-3-11)6-12-9(16)7-5-18-10(17)13-7/h7H,1-6H2,(H,12,16)(H,13,17)(H,14,15). The average molecular weight is 272 g/mol. The molecule has 1 saturated carbocycles. The third kappa shape index (κ3) is 2.95. The van der Waals surface area contributed by atoms with Crippen LogP contribution in [-0.4, -0.2) is 40.6 Å². The van der Waals surface area contributed by atoms with Gasteiger partial charge in [0, 0.05) is 12.3 Å². The summed E-state index contributed by atoms with van der Waals surface area (Å²) in [6.45, 7) is 0.384. The van der Waals surface area contributed by atoms with Gasteiger partial charge < -0.3 is 15.7 Å². The second kappa shape index (κ2) is 5.17. The lowest BCUT2D eigenvalue weighted by Crippen LogP contribution is -2.49. The first kappa shape index (κ1) is 13.2. The van der Waals surface area contributed by atoms with Gasteiger partial charge in [-0.2, -0.15) is 0 Å².